The van der Waals surface area contributed by atoms with Crippen molar-refractivity contribution in [3.63, 3.8) is 0 Å². The number of aromatic nitrogens is 3. The van der Waals surface area contributed by atoms with Crippen LogP contribution in [0.1, 0.15) is 30.7 Å². The molecular weight excluding hydrogens is 578 g/mol. The Morgan fingerprint density at radius 1 is 0.956 bits per heavy atom. The molecular formula is C33H35N5O7. The van der Waals surface area contributed by atoms with E-state index in [4.69, 9.17) is 9.47 Å². The quantitative estimate of drug-likeness (QED) is 0.350. The molecule has 0 aliphatic carbocycles. The van der Waals surface area contributed by atoms with Gasteiger partial charge in [0.15, 0.2) is 17.1 Å². The monoisotopic (exact) mass is 613 g/mol. The number of piperidine rings is 2. The average molecular weight is 614 g/mol. The zero-order chi connectivity index (χ0) is 31.1. The van der Waals surface area contributed by atoms with E-state index in [9.17, 15) is 24.6 Å². The third-order valence-corrected chi connectivity index (χ3v) is 9.37. The van der Waals surface area contributed by atoms with Crippen LogP contribution < -0.4 is 15.0 Å². The summed E-state index contributed by atoms with van der Waals surface area (Å²) in [5.41, 5.74) is 0.805. The van der Waals surface area contributed by atoms with E-state index in [1.165, 1.54) is 15.8 Å². The summed E-state index contributed by atoms with van der Waals surface area (Å²) >= 11 is 0. The highest BCUT2D eigenvalue weighted by Gasteiger charge is 2.41. The van der Waals surface area contributed by atoms with E-state index in [0.717, 1.165) is 11.3 Å². The minimum absolute atomic E-state index is 0.0170. The number of amides is 2. The van der Waals surface area contributed by atoms with Crippen LogP contribution in [0.4, 0.5) is 4.79 Å². The van der Waals surface area contributed by atoms with Crippen LogP contribution in [0.15, 0.2) is 71.9 Å². The minimum atomic E-state index is -1.18. The predicted molar refractivity (Wildman–Crippen MR) is 164 cm³/mol. The summed E-state index contributed by atoms with van der Waals surface area (Å²) in [6, 6.07) is 16.9. The van der Waals surface area contributed by atoms with Gasteiger partial charge in [0.25, 0.3) is 5.56 Å². The Balaban J connectivity index is 1.04. The van der Waals surface area contributed by atoms with Crippen LogP contribution in [0.3, 0.4) is 0 Å². The molecule has 12 nitrogen and oxygen atoms in total. The topological polar surface area (TPSA) is 139 Å². The van der Waals surface area contributed by atoms with Crippen LogP contribution in [-0.4, -0.2) is 91.1 Å². The summed E-state index contributed by atoms with van der Waals surface area (Å²) in [5.74, 6) is 0.716. The van der Waals surface area contributed by atoms with Gasteiger partial charge >= 0.3 is 6.09 Å². The number of benzene rings is 2. The minimum Gasteiger partial charge on any atom is -0.486 e. The third-order valence-electron chi connectivity index (χ3n) is 9.37. The summed E-state index contributed by atoms with van der Waals surface area (Å²) in [5, 5.41) is 21.5. The number of hydrogen-bond donors (Lipinski definition) is 2. The highest BCUT2D eigenvalue weighted by Crippen LogP contribution is 2.36. The Morgan fingerprint density at radius 2 is 1.71 bits per heavy atom. The van der Waals surface area contributed by atoms with Gasteiger partial charge in [-0.05, 0) is 43.0 Å². The number of fused-ring (bicyclic) bond motifs is 2. The van der Waals surface area contributed by atoms with Crippen LogP contribution in [0.5, 0.6) is 11.5 Å². The van der Waals surface area contributed by atoms with Crippen molar-refractivity contribution < 1.29 is 29.3 Å². The van der Waals surface area contributed by atoms with E-state index >= 15 is 0 Å². The van der Waals surface area contributed by atoms with Crippen LogP contribution in [0.25, 0.3) is 16.7 Å². The Hall–Kier alpha value is -4.84. The van der Waals surface area contributed by atoms with Crippen molar-refractivity contribution in [3.05, 3.63) is 83.0 Å². The molecule has 2 saturated heterocycles. The van der Waals surface area contributed by atoms with E-state index in [1.807, 2.05) is 53.1 Å². The lowest BCUT2D eigenvalue weighted by Crippen LogP contribution is -2.53. The first-order valence-electron chi connectivity index (χ1n) is 15.3. The average Bonchev–Trinajstić information content (AvgIpc) is 3.51. The lowest BCUT2D eigenvalue weighted by Gasteiger charge is -2.42. The van der Waals surface area contributed by atoms with Crippen molar-refractivity contribution in [2.45, 2.75) is 37.3 Å². The molecule has 2 aromatic carbocycles. The zero-order valence-electron chi connectivity index (χ0n) is 24.7. The fourth-order valence-electron chi connectivity index (χ4n) is 6.87. The van der Waals surface area contributed by atoms with E-state index in [0.29, 0.717) is 74.6 Å². The van der Waals surface area contributed by atoms with Crippen molar-refractivity contribution in [2.24, 2.45) is 5.92 Å². The van der Waals surface area contributed by atoms with Gasteiger partial charge < -0.3 is 34.1 Å². The Bertz CT molecular complexity index is 1790. The highest BCUT2D eigenvalue weighted by atomic mass is 16.6. The molecule has 3 aliphatic heterocycles. The van der Waals surface area contributed by atoms with Gasteiger partial charge in [0.1, 0.15) is 19.5 Å². The molecule has 7 rings (SSSR count). The Morgan fingerprint density at radius 3 is 2.47 bits per heavy atom. The summed E-state index contributed by atoms with van der Waals surface area (Å²) < 4.78 is 14.6. The van der Waals surface area contributed by atoms with Gasteiger partial charge in [-0.3, -0.25) is 14.2 Å². The summed E-state index contributed by atoms with van der Waals surface area (Å²) in [7, 11) is 0. The van der Waals surface area contributed by atoms with E-state index < -0.39 is 11.7 Å². The molecule has 2 fully saturated rings. The number of rotatable bonds is 5. The van der Waals surface area contributed by atoms with Crippen molar-refractivity contribution in [2.75, 3.05) is 39.4 Å². The lowest BCUT2D eigenvalue weighted by atomic mass is 9.79. The fraction of sp³-hybridized carbons (Fsp3) is 0.394. The molecule has 0 spiro atoms. The molecule has 0 radical (unpaired) electrons. The maximum atomic E-state index is 13.8. The van der Waals surface area contributed by atoms with Crippen molar-refractivity contribution >= 4 is 23.0 Å². The summed E-state index contributed by atoms with van der Waals surface area (Å²) in [4.78, 5) is 46.7. The molecule has 234 valence electrons. The molecule has 3 aliphatic rings. The number of nitrogens with zero attached hydrogens (tertiary/aromatic N) is 5. The zero-order valence-corrected chi connectivity index (χ0v) is 24.7. The third kappa shape index (κ3) is 5.50. The van der Waals surface area contributed by atoms with Crippen molar-refractivity contribution in [3.8, 4) is 17.2 Å². The molecule has 12 heteroatoms. The molecule has 2 amide bonds. The van der Waals surface area contributed by atoms with Crippen LogP contribution in [0.2, 0.25) is 0 Å². The smallest absolute Gasteiger partial charge is 0.407 e. The van der Waals surface area contributed by atoms with E-state index in [1.54, 1.807) is 17.2 Å². The van der Waals surface area contributed by atoms with Crippen LogP contribution in [-0.2, 0) is 11.3 Å². The standard InChI is InChI=1S/C33H35N5O7/c39-30(24-8-12-36(32(41)42)19-26(24)22-4-2-1-3-5-22)35-14-10-33(43,11-15-35)20-37-21-34-29-25(31(37)40)9-13-38(29)23-6-7-27-28(18-23)45-17-16-44-27/h1-7,9,13,18,21,24,26,43H,8,10-12,14-17,19-20H2,(H,41,42)/t24-,26+/m1/s1. The second-order valence-electron chi connectivity index (χ2n) is 12.1. The Labute approximate surface area is 259 Å². The van der Waals surface area contributed by atoms with Gasteiger partial charge in [0.2, 0.25) is 5.91 Å². The fourth-order valence-corrected chi connectivity index (χ4v) is 6.87. The summed E-state index contributed by atoms with van der Waals surface area (Å²) in [6.45, 7) is 2.31. The molecule has 2 aromatic heterocycles. The second kappa shape index (κ2) is 11.6. The van der Waals surface area contributed by atoms with Crippen LogP contribution in [0, 0.1) is 5.92 Å². The number of aliphatic hydroxyl groups is 1. The lowest BCUT2D eigenvalue weighted by molar-refractivity contribution is -0.142. The number of carboxylic acid groups (broad SMARTS) is 1. The first-order chi connectivity index (χ1) is 21.8. The van der Waals surface area contributed by atoms with Crippen LogP contribution >= 0.6 is 0 Å². The molecule has 0 saturated carbocycles. The maximum absolute atomic E-state index is 13.8. The highest BCUT2D eigenvalue weighted by molar-refractivity contribution is 5.81. The number of hydrogen-bond acceptors (Lipinski definition) is 7. The van der Waals surface area contributed by atoms with Crippen molar-refractivity contribution in [1.82, 2.24) is 23.9 Å². The predicted octanol–water partition coefficient (Wildman–Crippen LogP) is 3.10. The summed E-state index contributed by atoms with van der Waals surface area (Å²) in [6.07, 6.45) is 3.34. The second-order valence-corrected chi connectivity index (χ2v) is 12.1. The normalized spacial score (nSPS) is 21.1. The maximum Gasteiger partial charge on any atom is 0.407 e. The van der Waals surface area contributed by atoms with E-state index in [2.05, 4.69) is 4.98 Å². The van der Waals surface area contributed by atoms with Gasteiger partial charge in [0.05, 0.1) is 23.2 Å². The largest absolute Gasteiger partial charge is 0.486 e. The van der Waals surface area contributed by atoms with Gasteiger partial charge in [-0.15, -0.1) is 0 Å². The Kier molecular flexibility index (Phi) is 7.44. The molecule has 5 heterocycles. The number of likely N-dealkylation sites (tertiary alicyclic amines) is 2. The molecule has 4 aromatic rings. The van der Waals surface area contributed by atoms with E-state index in [-0.39, 0.29) is 36.4 Å². The molecule has 2 atom stereocenters. The number of carbonyl (C=O) groups excluding carboxylic acids is 1. The van der Waals surface area contributed by atoms with Gasteiger partial charge in [-0.2, -0.15) is 0 Å². The molecule has 0 unspecified atom stereocenters. The van der Waals surface area contributed by atoms with Crippen molar-refractivity contribution in [1.29, 1.82) is 0 Å². The van der Waals surface area contributed by atoms with Gasteiger partial charge in [-0.25, -0.2) is 9.78 Å². The molecule has 0 bridgehead atoms. The van der Waals surface area contributed by atoms with Gasteiger partial charge in [-0.1, -0.05) is 30.3 Å². The first-order valence-corrected chi connectivity index (χ1v) is 15.3. The number of ether oxygens (including phenoxy) is 2. The van der Waals surface area contributed by atoms with Gasteiger partial charge in [0, 0.05) is 50.3 Å². The SMILES string of the molecule is O=C(O)N1CC[C@@H](C(=O)N2CCC(O)(Cn3cnc4c(ccn4-c4ccc5c(c4)OCCO5)c3=O)CC2)[C@H](c2ccccc2)C1. The molecule has 2 N–H and O–H groups in total. The number of carbonyl (C=O) groups is 2. The molecule has 45 heavy (non-hydrogen) atoms. The first kappa shape index (κ1) is 28.9.